The molecular weight excluding hydrogens is 212 g/mol. The van der Waals surface area contributed by atoms with Gasteiger partial charge in [-0.15, -0.1) is 0 Å². The van der Waals surface area contributed by atoms with Crippen molar-refractivity contribution in [3.05, 3.63) is 36.8 Å². The third kappa shape index (κ3) is 3.48. The maximum absolute atomic E-state index is 5.88. The second-order valence-electron chi connectivity index (χ2n) is 4.68. The fourth-order valence-electron chi connectivity index (χ4n) is 1.45. The number of nitrogens with zero attached hydrogens (tertiary/aromatic N) is 1. The first-order chi connectivity index (χ1) is 7.98. The second kappa shape index (κ2) is 5.71. The van der Waals surface area contributed by atoms with Crippen molar-refractivity contribution in [3.8, 4) is 5.75 Å². The average molecular weight is 234 g/mol. The Morgan fingerprint density at radius 1 is 1.59 bits per heavy atom. The molecule has 0 aromatic carbocycles. The first kappa shape index (κ1) is 13.6. The highest BCUT2D eigenvalue weighted by molar-refractivity contribution is 5.17. The molecule has 0 bridgehead atoms. The summed E-state index contributed by atoms with van der Waals surface area (Å²) in [5.41, 5.74) is 0.864. The number of hydrogen-bond donors (Lipinski definition) is 1. The Kier molecular flexibility index (Phi) is 4.55. The van der Waals surface area contributed by atoms with Crippen molar-refractivity contribution in [2.75, 3.05) is 6.54 Å². The smallest absolute Gasteiger partial charge is 0.138 e. The molecule has 0 amide bonds. The Morgan fingerprint density at radius 3 is 2.82 bits per heavy atom. The Morgan fingerprint density at radius 2 is 2.29 bits per heavy atom. The SMILES string of the molecule is C=C(NCC)C(C)(C)[C@H](C)Oc1cccnc1. The minimum Gasteiger partial charge on any atom is -0.488 e. The van der Waals surface area contributed by atoms with Gasteiger partial charge in [-0.25, -0.2) is 0 Å². The largest absolute Gasteiger partial charge is 0.488 e. The Bertz CT molecular complexity index is 360. The maximum atomic E-state index is 5.88. The quantitative estimate of drug-likeness (QED) is 0.821. The number of pyridine rings is 1. The van der Waals surface area contributed by atoms with Crippen molar-refractivity contribution < 1.29 is 4.74 Å². The molecule has 1 N–H and O–H groups in total. The molecule has 0 saturated carbocycles. The summed E-state index contributed by atoms with van der Waals surface area (Å²) in [6.07, 6.45) is 3.49. The normalized spacial score (nSPS) is 12.9. The molecule has 94 valence electrons. The van der Waals surface area contributed by atoms with E-state index in [1.54, 1.807) is 12.4 Å². The number of nitrogens with one attached hydrogen (secondary N) is 1. The first-order valence-electron chi connectivity index (χ1n) is 5.98. The molecule has 1 rings (SSSR count). The van der Waals surface area contributed by atoms with Crippen molar-refractivity contribution in [1.29, 1.82) is 0 Å². The van der Waals surface area contributed by atoms with Gasteiger partial charge in [0.1, 0.15) is 11.9 Å². The van der Waals surface area contributed by atoms with Crippen LogP contribution in [-0.2, 0) is 0 Å². The van der Waals surface area contributed by atoms with Crippen molar-refractivity contribution >= 4 is 0 Å². The van der Waals surface area contributed by atoms with Crippen LogP contribution in [0.2, 0.25) is 0 Å². The lowest BCUT2D eigenvalue weighted by Crippen LogP contribution is -2.38. The van der Waals surface area contributed by atoms with Crippen molar-refractivity contribution in [3.63, 3.8) is 0 Å². The molecule has 1 heterocycles. The van der Waals surface area contributed by atoms with Gasteiger partial charge in [0, 0.05) is 23.9 Å². The van der Waals surface area contributed by atoms with Gasteiger partial charge in [0.2, 0.25) is 0 Å². The molecule has 0 spiro atoms. The van der Waals surface area contributed by atoms with Crippen LogP contribution in [0.4, 0.5) is 0 Å². The van der Waals surface area contributed by atoms with Crippen LogP contribution in [0, 0.1) is 5.41 Å². The molecule has 1 aromatic heterocycles. The summed E-state index contributed by atoms with van der Waals surface area (Å²) in [6.45, 7) is 13.3. The lowest BCUT2D eigenvalue weighted by atomic mass is 9.84. The fourth-order valence-corrected chi connectivity index (χ4v) is 1.45. The van der Waals surface area contributed by atoms with Crippen LogP contribution >= 0.6 is 0 Å². The highest BCUT2D eigenvalue weighted by Gasteiger charge is 2.30. The molecular formula is C14H22N2O. The molecule has 0 aliphatic rings. The predicted molar refractivity (Wildman–Crippen MR) is 70.9 cm³/mol. The van der Waals surface area contributed by atoms with Gasteiger partial charge in [-0.3, -0.25) is 4.98 Å². The van der Waals surface area contributed by atoms with E-state index < -0.39 is 0 Å². The number of rotatable bonds is 6. The van der Waals surface area contributed by atoms with Gasteiger partial charge in [0.25, 0.3) is 0 Å². The van der Waals surface area contributed by atoms with Crippen LogP contribution in [-0.4, -0.2) is 17.6 Å². The minimum atomic E-state index is -0.133. The second-order valence-corrected chi connectivity index (χ2v) is 4.68. The zero-order valence-corrected chi connectivity index (χ0v) is 11.2. The van der Waals surface area contributed by atoms with Gasteiger partial charge < -0.3 is 10.1 Å². The molecule has 0 fully saturated rings. The summed E-state index contributed by atoms with van der Waals surface area (Å²) < 4.78 is 5.88. The standard InChI is InChI=1S/C14H22N2O/c1-6-16-11(2)14(4,5)12(3)17-13-8-7-9-15-10-13/h7-10,12,16H,2,6H2,1,3-5H3/t12-/m0/s1. The number of ether oxygens (including phenoxy) is 1. The van der Waals surface area contributed by atoms with Crippen LogP contribution in [0.1, 0.15) is 27.7 Å². The third-order valence-corrected chi connectivity index (χ3v) is 3.13. The molecule has 1 atom stereocenters. The highest BCUT2D eigenvalue weighted by atomic mass is 16.5. The topological polar surface area (TPSA) is 34.1 Å². The fraction of sp³-hybridized carbons (Fsp3) is 0.500. The molecule has 0 radical (unpaired) electrons. The van der Waals surface area contributed by atoms with Gasteiger partial charge >= 0.3 is 0 Å². The van der Waals surface area contributed by atoms with Gasteiger partial charge in [-0.1, -0.05) is 20.4 Å². The van der Waals surface area contributed by atoms with Crippen LogP contribution in [0.25, 0.3) is 0 Å². The number of aromatic nitrogens is 1. The van der Waals surface area contributed by atoms with Crippen molar-refractivity contribution in [1.82, 2.24) is 10.3 Å². The first-order valence-corrected chi connectivity index (χ1v) is 5.98. The summed E-state index contributed by atoms with van der Waals surface area (Å²) in [5.74, 6) is 0.789. The van der Waals surface area contributed by atoms with Gasteiger partial charge in [-0.05, 0) is 26.0 Å². The van der Waals surface area contributed by atoms with Crippen LogP contribution in [0.15, 0.2) is 36.8 Å². The lowest BCUT2D eigenvalue weighted by Gasteiger charge is -2.34. The molecule has 3 heteroatoms. The van der Waals surface area contributed by atoms with Crippen LogP contribution < -0.4 is 10.1 Å². The summed E-state index contributed by atoms with van der Waals surface area (Å²) in [6, 6.07) is 3.78. The zero-order valence-electron chi connectivity index (χ0n) is 11.2. The van der Waals surface area contributed by atoms with E-state index in [0.29, 0.717) is 0 Å². The van der Waals surface area contributed by atoms with E-state index in [9.17, 15) is 0 Å². The summed E-state index contributed by atoms with van der Waals surface area (Å²) in [7, 11) is 0. The number of hydrogen-bond acceptors (Lipinski definition) is 3. The van der Waals surface area contributed by atoms with E-state index >= 15 is 0 Å². The lowest BCUT2D eigenvalue weighted by molar-refractivity contribution is 0.111. The monoisotopic (exact) mass is 234 g/mol. The van der Waals surface area contributed by atoms with Crippen LogP contribution in [0.3, 0.4) is 0 Å². The molecule has 1 aromatic rings. The predicted octanol–water partition coefficient (Wildman–Crippen LogP) is 3.00. The van der Waals surface area contributed by atoms with E-state index in [2.05, 4.69) is 44.6 Å². The average Bonchev–Trinajstić information content (AvgIpc) is 2.30. The molecule has 17 heavy (non-hydrogen) atoms. The Balaban J connectivity index is 2.69. The molecule has 3 nitrogen and oxygen atoms in total. The van der Waals surface area contributed by atoms with E-state index in [1.807, 2.05) is 12.1 Å². The Labute approximate surface area is 104 Å². The third-order valence-electron chi connectivity index (χ3n) is 3.13. The van der Waals surface area contributed by atoms with E-state index in [4.69, 9.17) is 4.74 Å². The highest BCUT2D eigenvalue weighted by Crippen LogP contribution is 2.30. The Hall–Kier alpha value is -1.51. The summed E-state index contributed by atoms with van der Waals surface area (Å²) in [4.78, 5) is 4.04. The zero-order chi connectivity index (χ0) is 12.9. The minimum absolute atomic E-state index is 0.0262. The molecule has 0 saturated heterocycles. The van der Waals surface area contributed by atoms with Gasteiger partial charge in [0.05, 0.1) is 6.20 Å². The van der Waals surface area contributed by atoms with Crippen molar-refractivity contribution in [2.45, 2.75) is 33.8 Å². The van der Waals surface area contributed by atoms with E-state index in [1.165, 1.54) is 0 Å². The van der Waals surface area contributed by atoms with Crippen molar-refractivity contribution in [2.24, 2.45) is 5.41 Å². The molecule has 0 aliphatic carbocycles. The van der Waals surface area contributed by atoms with E-state index in [-0.39, 0.29) is 11.5 Å². The molecule has 0 unspecified atom stereocenters. The maximum Gasteiger partial charge on any atom is 0.138 e. The summed E-state index contributed by atoms with van der Waals surface area (Å²) >= 11 is 0. The van der Waals surface area contributed by atoms with Crippen LogP contribution in [0.5, 0.6) is 5.75 Å². The van der Waals surface area contributed by atoms with Gasteiger partial charge in [-0.2, -0.15) is 0 Å². The summed E-state index contributed by atoms with van der Waals surface area (Å²) in [5, 5.41) is 3.26. The molecule has 0 aliphatic heterocycles. The van der Waals surface area contributed by atoms with Gasteiger partial charge in [0.15, 0.2) is 0 Å². The van der Waals surface area contributed by atoms with E-state index in [0.717, 1.165) is 18.0 Å².